The van der Waals surface area contributed by atoms with Crippen LogP contribution in [-0.4, -0.2) is 10.8 Å². The molecule has 4 aromatic rings. The van der Waals surface area contributed by atoms with Gasteiger partial charge in [0.1, 0.15) is 5.58 Å². The van der Waals surface area contributed by atoms with Crippen molar-refractivity contribution in [1.82, 2.24) is 4.98 Å². The van der Waals surface area contributed by atoms with Crippen molar-refractivity contribution in [3.8, 4) is 11.3 Å². The zero-order chi connectivity index (χ0) is 16.7. The zero-order valence-electron chi connectivity index (χ0n) is 12.1. The fourth-order valence-corrected chi connectivity index (χ4v) is 3.78. The molecular weight excluding hydrogens is 454 g/mol. The van der Waals surface area contributed by atoms with Crippen LogP contribution in [0.15, 0.2) is 67.3 Å². The highest BCUT2D eigenvalue weighted by Crippen LogP contribution is 2.28. The van der Waals surface area contributed by atoms with Gasteiger partial charge in [-0.1, -0.05) is 44.0 Å². The number of halogens is 2. The number of benzene rings is 2. The number of hydrogen-bond donors (Lipinski definition) is 0. The summed E-state index contributed by atoms with van der Waals surface area (Å²) in [6, 6.07) is 15.2. The Hall–Kier alpha value is -1.76. The molecule has 0 radical (unpaired) electrons. The molecule has 0 saturated heterocycles. The summed E-state index contributed by atoms with van der Waals surface area (Å²) in [5.74, 6) is 0.107. The molecular formula is C18H9Br2NO2S. The van der Waals surface area contributed by atoms with E-state index in [0.29, 0.717) is 16.4 Å². The van der Waals surface area contributed by atoms with Crippen LogP contribution in [0.3, 0.4) is 0 Å². The van der Waals surface area contributed by atoms with E-state index >= 15 is 0 Å². The van der Waals surface area contributed by atoms with Crippen LogP contribution in [0.5, 0.6) is 0 Å². The highest BCUT2D eigenvalue weighted by molar-refractivity contribution is 9.10. The van der Waals surface area contributed by atoms with Crippen LogP contribution in [0.2, 0.25) is 0 Å². The molecule has 2 aromatic heterocycles. The first-order valence-corrected chi connectivity index (χ1v) is 9.52. The Kier molecular flexibility index (Phi) is 4.12. The quantitative estimate of drug-likeness (QED) is 0.335. The summed E-state index contributed by atoms with van der Waals surface area (Å²) in [6.45, 7) is 0. The lowest BCUT2D eigenvalue weighted by atomic mass is 10.2. The maximum Gasteiger partial charge on any atom is 0.256 e. The number of aromatic nitrogens is 1. The summed E-state index contributed by atoms with van der Waals surface area (Å²) in [5, 5.41) is 3.19. The number of carbonyl (C=O) groups is 1. The minimum atomic E-state index is -0.198. The van der Waals surface area contributed by atoms with E-state index in [2.05, 4.69) is 36.8 Å². The molecule has 0 aliphatic heterocycles. The molecule has 0 unspecified atom stereocenters. The summed E-state index contributed by atoms with van der Waals surface area (Å²) in [5.41, 5.74) is 2.45. The Morgan fingerprint density at radius 1 is 1.00 bits per heavy atom. The van der Waals surface area contributed by atoms with Gasteiger partial charge in [-0.3, -0.25) is 4.79 Å². The minimum Gasteiger partial charge on any atom is -0.452 e. The van der Waals surface area contributed by atoms with Gasteiger partial charge in [0.25, 0.3) is 5.78 Å². The van der Waals surface area contributed by atoms with Crippen molar-refractivity contribution in [2.24, 2.45) is 0 Å². The summed E-state index contributed by atoms with van der Waals surface area (Å²) in [6.07, 6.45) is 0. The van der Waals surface area contributed by atoms with Crippen LogP contribution in [0, 0.1) is 0 Å². The molecule has 0 atom stereocenters. The van der Waals surface area contributed by atoms with Crippen LogP contribution in [0.4, 0.5) is 0 Å². The maximum atomic E-state index is 12.6. The van der Waals surface area contributed by atoms with Crippen molar-refractivity contribution < 1.29 is 9.21 Å². The van der Waals surface area contributed by atoms with Crippen molar-refractivity contribution >= 4 is 59.9 Å². The fourth-order valence-electron chi connectivity index (χ4n) is 2.36. The van der Waals surface area contributed by atoms with E-state index in [1.165, 1.54) is 11.3 Å². The molecule has 2 aromatic carbocycles. The van der Waals surface area contributed by atoms with E-state index in [9.17, 15) is 4.79 Å². The largest absolute Gasteiger partial charge is 0.452 e. The third-order valence-corrected chi connectivity index (χ3v) is 5.40. The molecule has 0 bridgehead atoms. The summed E-state index contributed by atoms with van der Waals surface area (Å²) < 4.78 is 7.61. The minimum absolute atomic E-state index is 0.198. The number of fused-ring (bicyclic) bond motifs is 1. The first-order chi connectivity index (χ1) is 11.6. The monoisotopic (exact) mass is 461 g/mol. The lowest BCUT2D eigenvalue weighted by molar-refractivity contribution is 0.101. The number of ketones is 1. The smallest absolute Gasteiger partial charge is 0.256 e. The van der Waals surface area contributed by atoms with E-state index in [1.807, 2.05) is 47.8 Å². The number of rotatable bonds is 3. The first kappa shape index (κ1) is 15.7. The number of furan rings is 1. The summed E-state index contributed by atoms with van der Waals surface area (Å²) in [4.78, 5) is 17.1. The summed E-state index contributed by atoms with van der Waals surface area (Å²) in [7, 11) is 0. The van der Waals surface area contributed by atoms with Gasteiger partial charge in [-0.05, 0) is 36.4 Å². The molecule has 2 heterocycles. The van der Waals surface area contributed by atoms with Crippen molar-refractivity contribution in [2.45, 2.75) is 0 Å². The van der Waals surface area contributed by atoms with Crippen molar-refractivity contribution in [1.29, 1.82) is 0 Å². The summed E-state index contributed by atoms with van der Waals surface area (Å²) >= 11 is 8.15. The van der Waals surface area contributed by atoms with Crippen molar-refractivity contribution in [3.05, 3.63) is 73.6 Å². The van der Waals surface area contributed by atoms with Gasteiger partial charge in [0.05, 0.1) is 5.69 Å². The van der Waals surface area contributed by atoms with E-state index in [4.69, 9.17) is 4.42 Å². The standard InChI is InChI=1S/C18H9Br2NO2S/c19-12-3-1-10(2-4-12)14-9-24-18(21-14)17(22)16-8-11-7-13(20)5-6-15(11)23-16/h1-9H. The predicted molar refractivity (Wildman–Crippen MR) is 103 cm³/mol. The van der Waals surface area contributed by atoms with Crippen LogP contribution >= 0.6 is 43.2 Å². The Morgan fingerprint density at radius 3 is 2.54 bits per heavy atom. The van der Waals surface area contributed by atoms with E-state index in [0.717, 1.165) is 25.6 Å². The number of nitrogens with zero attached hydrogens (tertiary/aromatic N) is 1. The molecule has 0 saturated carbocycles. The van der Waals surface area contributed by atoms with E-state index in [-0.39, 0.29) is 5.78 Å². The molecule has 24 heavy (non-hydrogen) atoms. The SMILES string of the molecule is O=C(c1cc2cc(Br)ccc2o1)c1nc(-c2ccc(Br)cc2)cs1. The second-order valence-electron chi connectivity index (χ2n) is 5.17. The number of thiazole rings is 1. The lowest BCUT2D eigenvalue weighted by Crippen LogP contribution is -1.98. The highest BCUT2D eigenvalue weighted by Gasteiger charge is 2.18. The Morgan fingerprint density at radius 2 is 1.75 bits per heavy atom. The Bertz CT molecular complexity index is 1050. The molecule has 0 N–H and O–H groups in total. The molecule has 3 nitrogen and oxygen atoms in total. The van der Waals surface area contributed by atoms with Gasteiger partial charge >= 0.3 is 0 Å². The molecule has 0 fully saturated rings. The Labute approximate surface area is 158 Å². The highest BCUT2D eigenvalue weighted by atomic mass is 79.9. The van der Waals surface area contributed by atoms with Gasteiger partial charge in [-0.15, -0.1) is 11.3 Å². The average molecular weight is 463 g/mol. The van der Waals surface area contributed by atoms with Crippen LogP contribution in [0.25, 0.3) is 22.2 Å². The maximum absolute atomic E-state index is 12.6. The van der Waals surface area contributed by atoms with Crippen molar-refractivity contribution in [2.75, 3.05) is 0 Å². The zero-order valence-corrected chi connectivity index (χ0v) is 16.1. The van der Waals surface area contributed by atoms with Crippen molar-refractivity contribution in [3.63, 3.8) is 0 Å². The molecule has 0 amide bonds. The molecule has 6 heteroatoms. The third-order valence-electron chi connectivity index (χ3n) is 3.54. The topological polar surface area (TPSA) is 43.1 Å². The Balaban J connectivity index is 1.67. The average Bonchev–Trinajstić information content (AvgIpc) is 3.21. The molecule has 118 valence electrons. The number of carbonyl (C=O) groups excluding carboxylic acids is 1. The van der Waals surface area contributed by atoms with Crippen LogP contribution in [-0.2, 0) is 0 Å². The molecule has 4 rings (SSSR count). The van der Waals surface area contributed by atoms with Gasteiger partial charge in [-0.2, -0.15) is 0 Å². The van der Waals surface area contributed by atoms with E-state index in [1.54, 1.807) is 6.07 Å². The van der Waals surface area contributed by atoms with Gasteiger partial charge in [0.2, 0.25) is 0 Å². The van der Waals surface area contributed by atoms with Gasteiger partial charge in [0.15, 0.2) is 10.8 Å². The molecule has 0 aliphatic carbocycles. The van der Waals surface area contributed by atoms with Crippen LogP contribution in [0.1, 0.15) is 15.6 Å². The molecule has 0 aliphatic rings. The predicted octanol–water partition coefficient (Wildman–Crippen LogP) is 6.31. The van der Waals surface area contributed by atoms with Gasteiger partial charge in [-0.25, -0.2) is 4.98 Å². The second-order valence-corrected chi connectivity index (χ2v) is 7.86. The third kappa shape index (κ3) is 2.97. The van der Waals surface area contributed by atoms with Crippen LogP contribution < -0.4 is 0 Å². The normalized spacial score (nSPS) is 11.1. The fraction of sp³-hybridized carbons (Fsp3) is 0. The number of hydrogen-bond acceptors (Lipinski definition) is 4. The van der Waals surface area contributed by atoms with Gasteiger partial charge in [0, 0.05) is 25.3 Å². The molecule has 0 spiro atoms. The van der Waals surface area contributed by atoms with E-state index < -0.39 is 0 Å². The van der Waals surface area contributed by atoms with Gasteiger partial charge < -0.3 is 4.42 Å². The first-order valence-electron chi connectivity index (χ1n) is 7.05. The second kappa shape index (κ2) is 6.27. The lowest BCUT2D eigenvalue weighted by Gasteiger charge is -1.96.